The largest absolute Gasteiger partial charge is 0.293 e. The van der Waals surface area contributed by atoms with Crippen molar-refractivity contribution in [3.8, 4) is 0 Å². The van der Waals surface area contributed by atoms with Crippen LogP contribution in [0, 0.1) is 0 Å². The third-order valence-electron chi connectivity index (χ3n) is 2.36. The molecule has 16 heavy (non-hydrogen) atoms. The Hall–Kier alpha value is -1.06. The van der Waals surface area contributed by atoms with E-state index in [-0.39, 0.29) is 11.0 Å². The zero-order chi connectivity index (χ0) is 11.4. The molecule has 0 saturated carbocycles. The standard InChI is InChI=1S/C13H12OS2/c14-11(13-7-4-8-16-13)9-12(15)10-5-2-1-3-6-10/h1-8,12,15H,9H2. The van der Waals surface area contributed by atoms with Gasteiger partial charge in [-0.1, -0.05) is 36.4 Å². The molecule has 1 unspecified atom stereocenters. The highest BCUT2D eigenvalue weighted by atomic mass is 32.1. The number of rotatable bonds is 4. The molecule has 1 aromatic heterocycles. The normalized spacial score (nSPS) is 12.3. The molecule has 0 saturated heterocycles. The molecule has 0 N–H and O–H groups in total. The highest BCUT2D eigenvalue weighted by Crippen LogP contribution is 2.26. The van der Waals surface area contributed by atoms with Crippen LogP contribution in [0.2, 0.25) is 0 Å². The van der Waals surface area contributed by atoms with Crippen LogP contribution in [0.4, 0.5) is 0 Å². The molecule has 0 radical (unpaired) electrons. The zero-order valence-corrected chi connectivity index (χ0v) is 10.4. The number of thiophene rings is 1. The number of carbonyl (C=O) groups excluding carboxylic acids is 1. The number of hydrogen-bond donors (Lipinski definition) is 1. The molecule has 0 aliphatic heterocycles. The highest BCUT2D eigenvalue weighted by molar-refractivity contribution is 7.80. The van der Waals surface area contributed by atoms with Crippen molar-refractivity contribution in [1.29, 1.82) is 0 Å². The summed E-state index contributed by atoms with van der Waals surface area (Å²) in [6, 6.07) is 13.7. The molecule has 0 bridgehead atoms. The van der Waals surface area contributed by atoms with Gasteiger partial charge in [0.2, 0.25) is 0 Å². The van der Waals surface area contributed by atoms with Crippen LogP contribution in [0.5, 0.6) is 0 Å². The number of carbonyl (C=O) groups is 1. The Morgan fingerprint density at radius 1 is 1.19 bits per heavy atom. The lowest BCUT2D eigenvalue weighted by Gasteiger charge is -2.09. The summed E-state index contributed by atoms with van der Waals surface area (Å²) in [4.78, 5) is 12.7. The van der Waals surface area contributed by atoms with Crippen LogP contribution in [-0.2, 0) is 0 Å². The Morgan fingerprint density at radius 2 is 1.94 bits per heavy atom. The van der Waals surface area contributed by atoms with Gasteiger partial charge in [-0.2, -0.15) is 12.6 Å². The van der Waals surface area contributed by atoms with Gasteiger partial charge in [0.15, 0.2) is 5.78 Å². The van der Waals surface area contributed by atoms with Crippen LogP contribution in [0.25, 0.3) is 0 Å². The van der Waals surface area contributed by atoms with Crippen molar-refractivity contribution in [2.75, 3.05) is 0 Å². The second-order valence-electron chi connectivity index (χ2n) is 3.53. The quantitative estimate of drug-likeness (QED) is 0.639. The van der Waals surface area contributed by atoms with E-state index in [2.05, 4.69) is 12.6 Å². The third-order valence-corrected chi connectivity index (χ3v) is 3.75. The van der Waals surface area contributed by atoms with E-state index >= 15 is 0 Å². The molecule has 1 atom stereocenters. The van der Waals surface area contributed by atoms with Crippen LogP contribution < -0.4 is 0 Å². The van der Waals surface area contributed by atoms with Gasteiger partial charge in [-0.15, -0.1) is 11.3 Å². The maximum absolute atomic E-state index is 11.9. The lowest BCUT2D eigenvalue weighted by molar-refractivity contribution is 0.0986. The Kier molecular flexibility index (Phi) is 3.80. The van der Waals surface area contributed by atoms with Crippen molar-refractivity contribution in [3.63, 3.8) is 0 Å². The van der Waals surface area contributed by atoms with Gasteiger partial charge in [-0.05, 0) is 17.0 Å². The van der Waals surface area contributed by atoms with E-state index in [0.717, 1.165) is 10.4 Å². The topological polar surface area (TPSA) is 17.1 Å². The van der Waals surface area contributed by atoms with Gasteiger partial charge in [0.25, 0.3) is 0 Å². The Bertz CT molecular complexity index is 448. The summed E-state index contributed by atoms with van der Waals surface area (Å²) in [7, 11) is 0. The maximum atomic E-state index is 11.9. The van der Waals surface area contributed by atoms with E-state index in [9.17, 15) is 4.79 Å². The fourth-order valence-corrected chi connectivity index (χ4v) is 2.52. The molecule has 0 spiro atoms. The van der Waals surface area contributed by atoms with Gasteiger partial charge >= 0.3 is 0 Å². The summed E-state index contributed by atoms with van der Waals surface area (Å²) < 4.78 is 0. The van der Waals surface area contributed by atoms with Crippen LogP contribution in [0.15, 0.2) is 47.8 Å². The summed E-state index contributed by atoms with van der Waals surface area (Å²) in [6.45, 7) is 0. The van der Waals surface area contributed by atoms with Crippen LogP contribution in [-0.4, -0.2) is 5.78 Å². The average Bonchev–Trinajstić information content (AvgIpc) is 2.83. The van der Waals surface area contributed by atoms with Gasteiger partial charge in [0.1, 0.15) is 0 Å². The summed E-state index contributed by atoms with van der Waals surface area (Å²) in [5.74, 6) is 0.166. The Labute approximate surface area is 105 Å². The molecule has 0 fully saturated rings. The van der Waals surface area contributed by atoms with E-state index in [4.69, 9.17) is 0 Å². The second kappa shape index (κ2) is 5.32. The smallest absolute Gasteiger partial charge is 0.174 e. The SMILES string of the molecule is O=C(CC(S)c1ccccc1)c1cccs1. The van der Waals surface area contributed by atoms with E-state index < -0.39 is 0 Å². The third kappa shape index (κ3) is 2.74. The molecule has 2 rings (SSSR count). The van der Waals surface area contributed by atoms with Crippen molar-refractivity contribution >= 4 is 29.7 Å². The van der Waals surface area contributed by atoms with Crippen LogP contribution in [0.1, 0.15) is 26.9 Å². The second-order valence-corrected chi connectivity index (χ2v) is 5.10. The number of Topliss-reactive ketones (excluding diaryl/α,β-unsaturated/α-hetero) is 1. The minimum atomic E-state index is -0.0178. The molecule has 1 aromatic carbocycles. The predicted octanol–water partition coefficient (Wildman–Crippen LogP) is 3.99. The summed E-state index contributed by atoms with van der Waals surface area (Å²) >= 11 is 5.96. The van der Waals surface area contributed by atoms with Crippen molar-refractivity contribution in [2.45, 2.75) is 11.7 Å². The zero-order valence-electron chi connectivity index (χ0n) is 8.67. The van der Waals surface area contributed by atoms with Gasteiger partial charge in [-0.3, -0.25) is 4.79 Å². The predicted molar refractivity (Wildman–Crippen MR) is 71.4 cm³/mol. The number of ketones is 1. The molecule has 0 aliphatic rings. The molecule has 2 aromatic rings. The molecule has 82 valence electrons. The van der Waals surface area contributed by atoms with E-state index in [1.54, 1.807) is 0 Å². The van der Waals surface area contributed by atoms with Gasteiger partial charge < -0.3 is 0 Å². The first-order chi connectivity index (χ1) is 7.77. The fourth-order valence-electron chi connectivity index (χ4n) is 1.51. The van der Waals surface area contributed by atoms with E-state index in [0.29, 0.717) is 6.42 Å². The van der Waals surface area contributed by atoms with Crippen LogP contribution in [0.3, 0.4) is 0 Å². The van der Waals surface area contributed by atoms with Crippen molar-refractivity contribution in [2.24, 2.45) is 0 Å². The molecular weight excluding hydrogens is 236 g/mol. The fraction of sp³-hybridized carbons (Fsp3) is 0.154. The minimum absolute atomic E-state index is 0.0178. The molecule has 0 amide bonds. The van der Waals surface area contributed by atoms with Crippen molar-refractivity contribution < 1.29 is 4.79 Å². The first kappa shape index (κ1) is 11.4. The monoisotopic (exact) mass is 248 g/mol. The van der Waals surface area contributed by atoms with E-state index in [1.807, 2.05) is 47.8 Å². The lowest BCUT2D eigenvalue weighted by atomic mass is 10.1. The number of thiol groups is 1. The molecule has 1 nitrogen and oxygen atoms in total. The minimum Gasteiger partial charge on any atom is -0.293 e. The van der Waals surface area contributed by atoms with Crippen molar-refractivity contribution in [3.05, 3.63) is 58.3 Å². The van der Waals surface area contributed by atoms with Gasteiger partial charge in [0.05, 0.1) is 4.88 Å². The maximum Gasteiger partial charge on any atom is 0.174 e. The molecular formula is C13H12OS2. The first-order valence-corrected chi connectivity index (χ1v) is 6.46. The molecule has 3 heteroatoms. The van der Waals surface area contributed by atoms with E-state index in [1.165, 1.54) is 11.3 Å². The highest BCUT2D eigenvalue weighted by Gasteiger charge is 2.13. The van der Waals surface area contributed by atoms with Gasteiger partial charge in [-0.25, -0.2) is 0 Å². The summed E-state index contributed by atoms with van der Waals surface area (Å²) in [5, 5.41) is 1.90. The number of benzene rings is 1. The summed E-state index contributed by atoms with van der Waals surface area (Å²) in [6.07, 6.45) is 0.452. The summed E-state index contributed by atoms with van der Waals surface area (Å²) in [5.41, 5.74) is 1.09. The lowest BCUT2D eigenvalue weighted by Crippen LogP contribution is -2.01. The molecule has 0 aliphatic carbocycles. The average molecular weight is 248 g/mol. The molecule has 1 heterocycles. The number of hydrogen-bond acceptors (Lipinski definition) is 3. The first-order valence-electron chi connectivity index (χ1n) is 5.07. The Morgan fingerprint density at radius 3 is 2.56 bits per heavy atom. The van der Waals surface area contributed by atoms with Crippen molar-refractivity contribution in [1.82, 2.24) is 0 Å². The van der Waals surface area contributed by atoms with Crippen LogP contribution >= 0.6 is 24.0 Å². The Balaban J connectivity index is 2.03. The van der Waals surface area contributed by atoms with Gasteiger partial charge in [0, 0.05) is 11.7 Å².